The minimum absolute atomic E-state index is 0.00890. The lowest BCUT2D eigenvalue weighted by Crippen LogP contribution is -2.51. The maximum atomic E-state index is 11.5. The molecule has 4 N–H and O–H groups in total. The van der Waals surface area contributed by atoms with Gasteiger partial charge in [0.25, 0.3) is 0 Å². The fourth-order valence-electron chi connectivity index (χ4n) is 2.22. The molecule has 0 aromatic carbocycles. The summed E-state index contributed by atoms with van der Waals surface area (Å²) in [7, 11) is -3.08. The van der Waals surface area contributed by atoms with Gasteiger partial charge < -0.3 is 11.5 Å². The third-order valence-corrected chi connectivity index (χ3v) is 4.54. The van der Waals surface area contributed by atoms with Crippen LogP contribution in [-0.4, -0.2) is 55.9 Å². The van der Waals surface area contributed by atoms with Crippen LogP contribution in [0.3, 0.4) is 0 Å². The van der Waals surface area contributed by atoms with Gasteiger partial charge in [-0.05, 0) is 5.92 Å². The average molecular weight is 263 g/mol. The zero-order valence-corrected chi connectivity index (χ0v) is 11.1. The zero-order chi connectivity index (χ0) is 13.2. The highest BCUT2D eigenvalue weighted by Gasteiger charge is 2.39. The third-order valence-electron chi connectivity index (χ3n) is 2.79. The van der Waals surface area contributed by atoms with Crippen LogP contribution in [-0.2, 0) is 14.6 Å². The topological polar surface area (TPSA) is 106 Å². The summed E-state index contributed by atoms with van der Waals surface area (Å²) in [4.78, 5) is 12.8. The Hall–Kier alpha value is -0.660. The molecule has 2 atom stereocenters. The number of amides is 1. The number of nitrogens with zero attached hydrogens (tertiary/aromatic N) is 1. The van der Waals surface area contributed by atoms with E-state index < -0.39 is 21.8 Å². The predicted molar refractivity (Wildman–Crippen MR) is 66.0 cm³/mol. The fourth-order valence-corrected chi connectivity index (χ4v) is 4.14. The highest BCUT2D eigenvalue weighted by atomic mass is 32.2. The average Bonchev–Trinajstić information content (AvgIpc) is 2.36. The van der Waals surface area contributed by atoms with Crippen LogP contribution in [0, 0.1) is 5.92 Å². The lowest BCUT2D eigenvalue weighted by Gasteiger charge is -2.30. The molecule has 1 heterocycles. The number of primary amides is 1. The van der Waals surface area contributed by atoms with Gasteiger partial charge in [0.1, 0.15) is 0 Å². The van der Waals surface area contributed by atoms with E-state index in [9.17, 15) is 13.2 Å². The molecule has 1 saturated heterocycles. The Morgan fingerprint density at radius 3 is 2.35 bits per heavy atom. The number of nitrogens with two attached hydrogens (primary N) is 2. The highest BCUT2D eigenvalue weighted by Crippen LogP contribution is 2.18. The summed E-state index contributed by atoms with van der Waals surface area (Å²) < 4.78 is 23.0. The van der Waals surface area contributed by atoms with Crippen molar-refractivity contribution < 1.29 is 13.2 Å². The van der Waals surface area contributed by atoms with Gasteiger partial charge in [-0.2, -0.15) is 0 Å². The van der Waals surface area contributed by atoms with Crippen LogP contribution in [0.4, 0.5) is 0 Å². The normalized spacial score (nSPS) is 27.8. The summed E-state index contributed by atoms with van der Waals surface area (Å²) in [5, 5.41) is 0. The van der Waals surface area contributed by atoms with Crippen molar-refractivity contribution >= 4 is 15.7 Å². The number of hydrogen-bond donors (Lipinski definition) is 2. The molecule has 0 spiro atoms. The molecular formula is C10H21N3O3S. The molecular weight excluding hydrogens is 242 g/mol. The van der Waals surface area contributed by atoms with E-state index in [1.165, 1.54) is 0 Å². The minimum atomic E-state index is -3.08. The Balaban J connectivity index is 2.79. The first-order chi connectivity index (χ1) is 7.71. The Morgan fingerprint density at radius 1 is 1.41 bits per heavy atom. The van der Waals surface area contributed by atoms with Crippen LogP contribution in [0.2, 0.25) is 0 Å². The summed E-state index contributed by atoms with van der Waals surface area (Å²) in [6.07, 6.45) is 0. The van der Waals surface area contributed by atoms with E-state index in [1.807, 2.05) is 13.8 Å². The Bertz CT molecular complexity index is 380. The Morgan fingerprint density at radius 2 is 2.00 bits per heavy atom. The smallest absolute Gasteiger partial charge is 0.231 e. The molecule has 0 aromatic heterocycles. The number of hydrogen-bond acceptors (Lipinski definition) is 5. The third kappa shape index (κ3) is 4.25. The van der Waals surface area contributed by atoms with Gasteiger partial charge in [0, 0.05) is 18.6 Å². The van der Waals surface area contributed by atoms with E-state index in [0.29, 0.717) is 12.5 Å². The van der Waals surface area contributed by atoms with E-state index >= 15 is 0 Å². The van der Waals surface area contributed by atoms with Crippen molar-refractivity contribution in [3.05, 3.63) is 0 Å². The molecule has 0 bridgehead atoms. The minimum Gasteiger partial charge on any atom is -0.369 e. The fraction of sp³-hybridized carbons (Fsp3) is 0.900. The number of carbonyl (C=O) groups excluding carboxylic acids is 1. The first kappa shape index (κ1) is 14.4. The monoisotopic (exact) mass is 263 g/mol. The van der Waals surface area contributed by atoms with Crippen LogP contribution in [0.1, 0.15) is 13.8 Å². The largest absolute Gasteiger partial charge is 0.369 e. The standard InChI is InChI=1S/C10H21N3O3S/c1-7(2)3-13(4-10(12)14)9-6-17(15,16)5-8(9)11/h7-9H,3-6,11H2,1-2H3,(H2,12,14). The molecule has 0 saturated carbocycles. The Kier molecular flexibility index (Phi) is 4.51. The molecule has 2 unspecified atom stereocenters. The molecule has 17 heavy (non-hydrogen) atoms. The quantitative estimate of drug-likeness (QED) is 0.631. The molecule has 1 aliphatic rings. The van der Waals surface area contributed by atoms with E-state index in [0.717, 1.165) is 0 Å². The second-order valence-electron chi connectivity index (χ2n) is 5.10. The maximum Gasteiger partial charge on any atom is 0.231 e. The van der Waals surface area contributed by atoms with Gasteiger partial charge in [0.05, 0.1) is 18.1 Å². The van der Waals surface area contributed by atoms with Crippen molar-refractivity contribution in [3.8, 4) is 0 Å². The van der Waals surface area contributed by atoms with Crippen molar-refractivity contribution in [1.29, 1.82) is 0 Å². The maximum absolute atomic E-state index is 11.5. The summed E-state index contributed by atoms with van der Waals surface area (Å²) in [6, 6.07) is -0.729. The van der Waals surface area contributed by atoms with Gasteiger partial charge in [0.2, 0.25) is 5.91 Å². The highest BCUT2D eigenvalue weighted by molar-refractivity contribution is 7.91. The van der Waals surface area contributed by atoms with Crippen LogP contribution in [0.25, 0.3) is 0 Å². The van der Waals surface area contributed by atoms with E-state index in [1.54, 1.807) is 4.90 Å². The van der Waals surface area contributed by atoms with Crippen molar-refractivity contribution in [2.24, 2.45) is 17.4 Å². The second-order valence-corrected chi connectivity index (χ2v) is 7.25. The summed E-state index contributed by atoms with van der Waals surface area (Å²) in [5.41, 5.74) is 11.0. The Labute approximate surface area is 102 Å². The molecule has 0 radical (unpaired) electrons. The number of sulfone groups is 1. The van der Waals surface area contributed by atoms with Crippen LogP contribution in [0.15, 0.2) is 0 Å². The van der Waals surface area contributed by atoms with E-state index in [-0.39, 0.29) is 24.1 Å². The van der Waals surface area contributed by atoms with Gasteiger partial charge in [-0.15, -0.1) is 0 Å². The zero-order valence-electron chi connectivity index (χ0n) is 10.3. The number of rotatable bonds is 5. The molecule has 0 aromatic rings. The summed E-state index contributed by atoms with van der Waals surface area (Å²) >= 11 is 0. The van der Waals surface area contributed by atoms with E-state index in [2.05, 4.69) is 0 Å². The SMILES string of the molecule is CC(C)CN(CC(N)=O)C1CS(=O)(=O)CC1N. The van der Waals surface area contributed by atoms with Gasteiger partial charge in [0.15, 0.2) is 9.84 Å². The molecule has 7 heteroatoms. The molecule has 6 nitrogen and oxygen atoms in total. The first-order valence-electron chi connectivity index (χ1n) is 5.69. The molecule has 1 fully saturated rings. The van der Waals surface area contributed by atoms with Crippen molar-refractivity contribution in [1.82, 2.24) is 4.90 Å². The predicted octanol–water partition coefficient (Wildman–Crippen LogP) is -1.45. The van der Waals surface area contributed by atoms with Crippen molar-refractivity contribution in [3.63, 3.8) is 0 Å². The van der Waals surface area contributed by atoms with E-state index in [4.69, 9.17) is 11.5 Å². The molecule has 1 amide bonds. The van der Waals surface area contributed by atoms with Gasteiger partial charge in [-0.3, -0.25) is 9.69 Å². The number of carbonyl (C=O) groups is 1. The first-order valence-corrected chi connectivity index (χ1v) is 7.52. The lowest BCUT2D eigenvalue weighted by molar-refractivity contribution is -0.119. The van der Waals surface area contributed by atoms with Crippen LogP contribution < -0.4 is 11.5 Å². The molecule has 0 aliphatic carbocycles. The molecule has 1 rings (SSSR count). The summed E-state index contributed by atoms with van der Waals surface area (Å²) in [6.45, 7) is 4.69. The van der Waals surface area contributed by atoms with Crippen LogP contribution in [0.5, 0.6) is 0 Å². The van der Waals surface area contributed by atoms with Crippen molar-refractivity contribution in [2.45, 2.75) is 25.9 Å². The van der Waals surface area contributed by atoms with Gasteiger partial charge in [-0.25, -0.2) is 8.42 Å². The molecule has 1 aliphatic heterocycles. The van der Waals surface area contributed by atoms with Gasteiger partial charge in [-0.1, -0.05) is 13.8 Å². The summed E-state index contributed by atoms with van der Waals surface area (Å²) in [5.74, 6) is -0.119. The van der Waals surface area contributed by atoms with Crippen molar-refractivity contribution in [2.75, 3.05) is 24.6 Å². The second kappa shape index (κ2) is 5.32. The molecule has 100 valence electrons. The van der Waals surface area contributed by atoms with Crippen LogP contribution >= 0.6 is 0 Å². The van der Waals surface area contributed by atoms with Gasteiger partial charge >= 0.3 is 0 Å². The lowest BCUT2D eigenvalue weighted by atomic mass is 10.1.